The van der Waals surface area contributed by atoms with E-state index in [0.717, 1.165) is 5.56 Å². The first kappa shape index (κ1) is 40.1. The molecule has 1 rings (SSSR count). The lowest BCUT2D eigenvalue weighted by molar-refractivity contribution is -0.153. The Kier molecular flexibility index (Phi) is 16.4. The average molecular weight is 648 g/mol. The maximum atomic E-state index is 13.1. The molecule has 0 spiro atoms. The molecule has 0 aliphatic heterocycles. The summed E-state index contributed by atoms with van der Waals surface area (Å²) in [5.74, 6) is -0.742. The van der Waals surface area contributed by atoms with Crippen LogP contribution in [0.25, 0.3) is 0 Å². The van der Waals surface area contributed by atoms with E-state index in [4.69, 9.17) is 18.9 Å². The first-order valence-corrected chi connectivity index (χ1v) is 15.7. The highest BCUT2D eigenvalue weighted by Crippen LogP contribution is 2.15. The summed E-state index contributed by atoms with van der Waals surface area (Å²) < 4.78 is 21.2. The van der Waals surface area contributed by atoms with E-state index < -0.39 is 47.1 Å². The monoisotopic (exact) mass is 647 g/mol. The van der Waals surface area contributed by atoms with E-state index in [2.05, 4.69) is 15.6 Å². The number of rotatable bonds is 15. The third kappa shape index (κ3) is 20.9. The minimum atomic E-state index is -0.836. The third-order valence-corrected chi connectivity index (χ3v) is 5.78. The average Bonchev–Trinajstić information content (AvgIpc) is 2.88. The van der Waals surface area contributed by atoms with Crippen molar-refractivity contribution >= 4 is 35.7 Å². The Morgan fingerprint density at radius 3 is 1.93 bits per heavy atom. The number of benzene rings is 1. The van der Waals surface area contributed by atoms with Gasteiger partial charge in [-0.15, -0.1) is 0 Å². The summed E-state index contributed by atoms with van der Waals surface area (Å²) in [7, 11) is 0. The molecule has 1 aromatic rings. The molecule has 12 heteroatoms. The van der Waals surface area contributed by atoms with Gasteiger partial charge in [0.25, 0.3) is 0 Å². The first-order chi connectivity index (χ1) is 21.2. The van der Waals surface area contributed by atoms with Crippen molar-refractivity contribution in [3.8, 4) is 0 Å². The number of esters is 1. The number of carbonyl (C=O) groups is 5. The first-order valence-electron chi connectivity index (χ1n) is 15.7. The SMILES string of the molecule is CC(C)(C)OC(=O)CC(CCCCC(NC(=O)OC(C)(C)C)C(=O)CCCNC(=O)OCc1ccccc1)=NC(=O)OC(C)(C)C. The van der Waals surface area contributed by atoms with Crippen molar-refractivity contribution in [3.05, 3.63) is 35.9 Å². The number of hydrogen-bond donors (Lipinski definition) is 2. The molecule has 0 radical (unpaired) electrons. The van der Waals surface area contributed by atoms with Gasteiger partial charge in [-0.05, 0) is 93.6 Å². The summed E-state index contributed by atoms with van der Waals surface area (Å²) in [5.41, 5.74) is -1.05. The largest absolute Gasteiger partial charge is 0.460 e. The number of carbonyl (C=O) groups excluding carboxylic acids is 5. The molecule has 0 bridgehead atoms. The van der Waals surface area contributed by atoms with Gasteiger partial charge < -0.3 is 29.6 Å². The molecule has 2 N–H and O–H groups in total. The van der Waals surface area contributed by atoms with Gasteiger partial charge in [0, 0.05) is 18.7 Å². The number of amides is 3. The molecule has 0 saturated heterocycles. The van der Waals surface area contributed by atoms with Crippen LogP contribution >= 0.6 is 0 Å². The molecule has 0 aliphatic carbocycles. The molecule has 258 valence electrons. The van der Waals surface area contributed by atoms with Crippen LogP contribution in [0, 0.1) is 0 Å². The van der Waals surface area contributed by atoms with Gasteiger partial charge in [-0.1, -0.05) is 36.8 Å². The fourth-order valence-corrected chi connectivity index (χ4v) is 3.98. The number of ketones is 1. The molecule has 1 aromatic carbocycles. The van der Waals surface area contributed by atoms with Crippen molar-refractivity contribution in [2.75, 3.05) is 6.54 Å². The highest BCUT2D eigenvalue weighted by Gasteiger charge is 2.25. The summed E-state index contributed by atoms with van der Waals surface area (Å²) in [6, 6.07) is 8.43. The Morgan fingerprint density at radius 2 is 1.35 bits per heavy atom. The zero-order valence-electron chi connectivity index (χ0n) is 28.9. The van der Waals surface area contributed by atoms with Crippen LogP contribution in [0.4, 0.5) is 14.4 Å². The molecular formula is C34H53N3O9. The van der Waals surface area contributed by atoms with E-state index in [1.165, 1.54) is 0 Å². The standard InChI is InChI=1S/C34H53N3O9/c1-32(2,3)44-28(39)22-25(36-30(41)45-33(4,5)6)18-13-14-19-26(37-31(42)46-34(7,8)9)27(38)20-15-21-35-29(40)43-23-24-16-11-10-12-17-24/h10-12,16-17,26H,13-15,18-23H2,1-9H3,(H,35,40)(H,37,42). The normalized spacial score (nSPS) is 12.8. The number of hydrogen-bond acceptors (Lipinski definition) is 9. The number of aliphatic imine (C=N–C) groups is 1. The smallest absolute Gasteiger partial charge is 0.434 e. The lowest BCUT2D eigenvalue weighted by atomic mass is 10.00. The van der Waals surface area contributed by atoms with Crippen molar-refractivity contribution in [2.24, 2.45) is 4.99 Å². The summed E-state index contributed by atoms with van der Waals surface area (Å²) in [6.07, 6.45) is -0.342. The molecule has 1 unspecified atom stereocenters. The number of Topliss-reactive ketones (excluding diaryl/α,β-unsaturated/α-hetero) is 1. The second-order valence-electron chi connectivity index (χ2n) is 13.9. The van der Waals surface area contributed by atoms with Gasteiger partial charge in [0.2, 0.25) is 0 Å². The van der Waals surface area contributed by atoms with Gasteiger partial charge in [-0.25, -0.2) is 14.4 Å². The van der Waals surface area contributed by atoms with E-state index in [-0.39, 0.29) is 44.6 Å². The minimum Gasteiger partial charge on any atom is -0.460 e. The molecule has 0 heterocycles. The predicted octanol–water partition coefficient (Wildman–Crippen LogP) is 6.82. The van der Waals surface area contributed by atoms with Crippen molar-refractivity contribution < 1.29 is 42.9 Å². The maximum absolute atomic E-state index is 13.1. The van der Waals surface area contributed by atoms with Crippen LogP contribution in [-0.4, -0.2) is 65.1 Å². The highest BCUT2D eigenvalue weighted by molar-refractivity contribution is 6.03. The number of alkyl carbamates (subject to hydrolysis) is 2. The highest BCUT2D eigenvalue weighted by atomic mass is 16.6. The molecule has 46 heavy (non-hydrogen) atoms. The second-order valence-corrected chi connectivity index (χ2v) is 13.9. The van der Waals surface area contributed by atoms with Crippen LogP contribution in [0.5, 0.6) is 0 Å². The van der Waals surface area contributed by atoms with Crippen molar-refractivity contribution in [3.63, 3.8) is 0 Å². The van der Waals surface area contributed by atoms with Gasteiger partial charge in [0.05, 0.1) is 12.5 Å². The fourth-order valence-electron chi connectivity index (χ4n) is 3.98. The van der Waals surface area contributed by atoms with Gasteiger partial charge in [0.15, 0.2) is 5.78 Å². The van der Waals surface area contributed by atoms with E-state index >= 15 is 0 Å². The molecule has 0 fully saturated rings. The molecule has 3 amide bonds. The van der Waals surface area contributed by atoms with Gasteiger partial charge in [-0.3, -0.25) is 9.59 Å². The van der Waals surface area contributed by atoms with Gasteiger partial charge >= 0.3 is 24.2 Å². The van der Waals surface area contributed by atoms with Crippen molar-refractivity contribution in [1.82, 2.24) is 10.6 Å². The lowest BCUT2D eigenvalue weighted by Gasteiger charge is -2.23. The van der Waals surface area contributed by atoms with Gasteiger partial charge in [0.1, 0.15) is 23.4 Å². The van der Waals surface area contributed by atoms with Crippen LogP contribution < -0.4 is 10.6 Å². The van der Waals surface area contributed by atoms with Crippen LogP contribution in [0.1, 0.15) is 113 Å². The number of ether oxygens (including phenoxy) is 4. The minimum absolute atomic E-state index is 0.101. The Balaban J connectivity index is 2.76. The Labute approximate surface area is 273 Å². The summed E-state index contributed by atoms with van der Waals surface area (Å²) in [5, 5.41) is 5.29. The molecule has 1 atom stereocenters. The Morgan fingerprint density at radius 1 is 0.739 bits per heavy atom. The third-order valence-electron chi connectivity index (χ3n) is 5.78. The topological polar surface area (TPSA) is 159 Å². The molecule has 12 nitrogen and oxygen atoms in total. The lowest BCUT2D eigenvalue weighted by Crippen LogP contribution is -2.43. The molecule has 0 aliphatic rings. The van der Waals surface area contributed by atoms with Crippen LogP contribution in [0.15, 0.2) is 35.3 Å². The van der Waals surface area contributed by atoms with Gasteiger partial charge in [-0.2, -0.15) is 4.99 Å². The quantitative estimate of drug-likeness (QED) is 0.0901. The Bertz CT molecular complexity index is 1180. The maximum Gasteiger partial charge on any atom is 0.434 e. The summed E-state index contributed by atoms with van der Waals surface area (Å²) >= 11 is 0. The zero-order chi connectivity index (χ0) is 35.0. The summed E-state index contributed by atoms with van der Waals surface area (Å²) in [4.78, 5) is 66.5. The van der Waals surface area contributed by atoms with Crippen LogP contribution in [0.3, 0.4) is 0 Å². The van der Waals surface area contributed by atoms with E-state index in [9.17, 15) is 24.0 Å². The van der Waals surface area contributed by atoms with Crippen molar-refractivity contribution in [2.45, 2.75) is 137 Å². The number of unbranched alkanes of at least 4 members (excludes halogenated alkanes) is 1. The summed E-state index contributed by atoms with van der Waals surface area (Å²) in [6.45, 7) is 15.9. The number of nitrogens with one attached hydrogen (secondary N) is 2. The number of nitrogens with zero attached hydrogens (tertiary/aromatic N) is 1. The molecule has 0 aromatic heterocycles. The van der Waals surface area contributed by atoms with E-state index in [1.807, 2.05) is 30.3 Å². The second kappa shape index (κ2) is 18.9. The van der Waals surface area contributed by atoms with Crippen LogP contribution in [-0.2, 0) is 35.1 Å². The Hall–Kier alpha value is -3.96. The van der Waals surface area contributed by atoms with E-state index in [0.29, 0.717) is 25.0 Å². The fraction of sp³-hybridized carbons (Fsp3) is 0.647. The predicted molar refractivity (Wildman–Crippen MR) is 175 cm³/mol. The van der Waals surface area contributed by atoms with Crippen molar-refractivity contribution in [1.29, 1.82) is 0 Å². The molecular weight excluding hydrogens is 594 g/mol. The zero-order valence-corrected chi connectivity index (χ0v) is 28.9. The molecule has 0 saturated carbocycles. The van der Waals surface area contributed by atoms with E-state index in [1.54, 1.807) is 62.3 Å². The van der Waals surface area contributed by atoms with Crippen LogP contribution in [0.2, 0.25) is 0 Å².